The van der Waals surface area contributed by atoms with Gasteiger partial charge in [-0.15, -0.1) is 0 Å². The van der Waals surface area contributed by atoms with Crippen LogP contribution in [0.5, 0.6) is 5.75 Å². The molecule has 0 aliphatic carbocycles. The van der Waals surface area contributed by atoms with Crippen molar-refractivity contribution in [2.75, 3.05) is 13.2 Å². The molecule has 0 aliphatic rings. The number of ether oxygens (including phenoxy) is 1. The summed E-state index contributed by atoms with van der Waals surface area (Å²) in [6.07, 6.45) is 0. The first-order chi connectivity index (χ1) is 9.45. The maximum Gasteiger partial charge on any atom is 0.123 e. The number of rotatable bonds is 2. The van der Waals surface area contributed by atoms with Gasteiger partial charge in [0.05, 0.1) is 0 Å². The van der Waals surface area contributed by atoms with Crippen molar-refractivity contribution >= 4 is 0 Å². The highest BCUT2D eigenvalue weighted by molar-refractivity contribution is 5.49. The Morgan fingerprint density at radius 1 is 0.857 bits per heavy atom. The zero-order chi connectivity index (χ0) is 16.8. The van der Waals surface area contributed by atoms with Crippen molar-refractivity contribution in [2.24, 2.45) is 0 Å². The first kappa shape index (κ1) is 20.0. The number of benzene rings is 1. The standard InChI is InChI=1S/C15H24O.C4H10O/c1-10-8-11(14(2,3)4)13(16)12(9-10)15(5,6)7;1-3-5-4-2/h8-9,16H,1-7H3;3-4H2,1-2H3. The van der Waals surface area contributed by atoms with E-state index < -0.39 is 0 Å². The Kier molecular flexibility index (Phi) is 7.46. The number of hydrogen-bond donors (Lipinski definition) is 1. The van der Waals surface area contributed by atoms with E-state index in [1.807, 2.05) is 13.8 Å². The van der Waals surface area contributed by atoms with Crippen LogP contribution in [0, 0.1) is 6.92 Å². The van der Waals surface area contributed by atoms with E-state index in [0.29, 0.717) is 5.75 Å². The summed E-state index contributed by atoms with van der Waals surface area (Å²) in [4.78, 5) is 0. The number of aryl methyl sites for hydroxylation is 1. The summed E-state index contributed by atoms with van der Waals surface area (Å²) < 4.78 is 4.83. The molecule has 0 fully saturated rings. The lowest BCUT2D eigenvalue weighted by molar-refractivity contribution is 0.162. The lowest BCUT2D eigenvalue weighted by Crippen LogP contribution is -2.17. The zero-order valence-electron chi connectivity index (χ0n) is 15.4. The van der Waals surface area contributed by atoms with Gasteiger partial charge in [-0.2, -0.15) is 0 Å². The monoisotopic (exact) mass is 294 g/mol. The highest BCUT2D eigenvalue weighted by Crippen LogP contribution is 2.39. The molecule has 0 amide bonds. The molecule has 0 heterocycles. The normalized spacial score (nSPS) is 11.9. The third kappa shape index (κ3) is 6.52. The zero-order valence-corrected chi connectivity index (χ0v) is 15.4. The van der Waals surface area contributed by atoms with E-state index in [2.05, 4.69) is 60.6 Å². The first-order valence-electron chi connectivity index (χ1n) is 7.87. The highest BCUT2D eigenvalue weighted by atomic mass is 16.5. The van der Waals surface area contributed by atoms with E-state index in [9.17, 15) is 5.11 Å². The molecular formula is C19H34O2. The summed E-state index contributed by atoms with van der Waals surface area (Å²) in [7, 11) is 0. The molecule has 0 bridgehead atoms. The lowest BCUT2D eigenvalue weighted by atomic mass is 9.78. The van der Waals surface area contributed by atoms with E-state index in [0.717, 1.165) is 24.3 Å². The summed E-state index contributed by atoms with van der Waals surface area (Å²) in [6.45, 7) is 20.6. The van der Waals surface area contributed by atoms with Crippen LogP contribution in [0.25, 0.3) is 0 Å². The predicted molar refractivity (Wildman–Crippen MR) is 92.4 cm³/mol. The van der Waals surface area contributed by atoms with Crippen molar-refractivity contribution in [3.63, 3.8) is 0 Å². The van der Waals surface area contributed by atoms with E-state index in [1.54, 1.807) is 0 Å². The van der Waals surface area contributed by atoms with Gasteiger partial charge in [0.2, 0.25) is 0 Å². The van der Waals surface area contributed by atoms with E-state index in [1.165, 1.54) is 5.56 Å². The summed E-state index contributed by atoms with van der Waals surface area (Å²) in [5.74, 6) is 0.464. The minimum absolute atomic E-state index is 0.0178. The Bertz CT molecular complexity index is 397. The summed E-state index contributed by atoms with van der Waals surface area (Å²) >= 11 is 0. The van der Waals surface area contributed by atoms with Crippen molar-refractivity contribution < 1.29 is 9.84 Å². The molecule has 1 N–H and O–H groups in total. The fourth-order valence-corrected chi connectivity index (χ4v) is 2.13. The van der Waals surface area contributed by atoms with Gasteiger partial charge < -0.3 is 9.84 Å². The minimum Gasteiger partial charge on any atom is -0.507 e. The average Bonchev–Trinajstić information content (AvgIpc) is 2.31. The first-order valence-corrected chi connectivity index (χ1v) is 7.87. The van der Waals surface area contributed by atoms with E-state index in [4.69, 9.17) is 4.74 Å². The molecule has 2 nitrogen and oxygen atoms in total. The number of hydrogen-bond acceptors (Lipinski definition) is 2. The molecule has 0 saturated carbocycles. The summed E-state index contributed by atoms with van der Waals surface area (Å²) in [5, 5.41) is 10.4. The quantitative estimate of drug-likeness (QED) is 0.798. The third-order valence-electron chi connectivity index (χ3n) is 3.28. The lowest BCUT2D eigenvalue weighted by Gasteiger charge is -2.27. The Hall–Kier alpha value is -1.02. The maximum atomic E-state index is 10.4. The van der Waals surface area contributed by atoms with Gasteiger partial charge >= 0.3 is 0 Å². The van der Waals surface area contributed by atoms with Crippen LogP contribution in [0.3, 0.4) is 0 Å². The van der Waals surface area contributed by atoms with Crippen LogP contribution < -0.4 is 0 Å². The maximum absolute atomic E-state index is 10.4. The molecular weight excluding hydrogens is 260 g/mol. The van der Waals surface area contributed by atoms with Crippen LogP contribution in [0.15, 0.2) is 12.1 Å². The summed E-state index contributed by atoms with van der Waals surface area (Å²) in [5.41, 5.74) is 3.26. The van der Waals surface area contributed by atoms with Crippen LogP contribution in [-0.4, -0.2) is 18.3 Å². The van der Waals surface area contributed by atoms with Gasteiger partial charge in [0.25, 0.3) is 0 Å². The molecule has 0 atom stereocenters. The second-order valence-corrected chi connectivity index (χ2v) is 7.49. The van der Waals surface area contributed by atoms with Crippen LogP contribution in [0.1, 0.15) is 72.1 Å². The Morgan fingerprint density at radius 2 is 1.19 bits per heavy atom. The van der Waals surface area contributed by atoms with Crippen LogP contribution in [0.2, 0.25) is 0 Å². The molecule has 0 aromatic heterocycles. The largest absolute Gasteiger partial charge is 0.507 e. The number of phenolic OH excluding ortho intramolecular Hbond substituents is 1. The van der Waals surface area contributed by atoms with Gasteiger partial charge in [-0.25, -0.2) is 0 Å². The van der Waals surface area contributed by atoms with Crippen LogP contribution >= 0.6 is 0 Å². The van der Waals surface area contributed by atoms with Crippen molar-refractivity contribution in [1.29, 1.82) is 0 Å². The molecule has 0 saturated heterocycles. The van der Waals surface area contributed by atoms with E-state index in [-0.39, 0.29) is 10.8 Å². The average molecular weight is 294 g/mol. The topological polar surface area (TPSA) is 29.5 Å². The molecule has 0 unspecified atom stereocenters. The Labute approximate surface area is 131 Å². The van der Waals surface area contributed by atoms with Gasteiger partial charge in [-0.3, -0.25) is 0 Å². The molecule has 1 aromatic carbocycles. The second-order valence-electron chi connectivity index (χ2n) is 7.49. The smallest absolute Gasteiger partial charge is 0.123 e. The molecule has 122 valence electrons. The van der Waals surface area contributed by atoms with E-state index >= 15 is 0 Å². The second kappa shape index (κ2) is 7.84. The fraction of sp³-hybridized carbons (Fsp3) is 0.684. The number of phenols is 1. The predicted octanol–water partition coefficient (Wildman–Crippen LogP) is 5.34. The van der Waals surface area contributed by atoms with Gasteiger partial charge in [0.15, 0.2) is 0 Å². The van der Waals surface area contributed by atoms with Crippen LogP contribution in [-0.2, 0) is 15.6 Å². The molecule has 1 rings (SSSR count). The molecule has 1 aromatic rings. The Morgan fingerprint density at radius 3 is 1.38 bits per heavy atom. The van der Waals surface area contributed by atoms with Gasteiger partial charge in [0, 0.05) is 13.2 Å². The third-order valence-corrected chi connectivity index (χ3v) is 3.28. The van der Waals surface area contributed by atoms with Gasteiger partial charge in [0.1, 0.15) is 5.75 Å². The minimum atomic E-state index is -0.0178. The highest BCUT2D eigenvalue weighted by Gasteiger charge is 2.25. The van der Waals surface area contributed by atoms with Crippen molar-refractivity contribution in [3.8, 4) is 5.75 Å². The molecule has 0 radical (unpaired) electrons. The molecule has 0 spiro atoms. The Balaban J connectivity index is 0.000000690. The van der Waals surface area contributed by atoms with Crippen molar-refractivity contribution in [2.45, 2.75) is 73.1 Å². The molecule has 2 heteroatoms. The molecule has 0 aliphatic heterocycles. The van der Waals surface area contributed by atoms with Crippen molar-refractivity contribution in [3.05, 3.63) is 28.8 Å². The van der Waals surface area contributed by atoms with Gasteiger partial charge in [-0.05, 0) is 42.7 Å². The number of aromatic hydroxyl groups is 1. The van der Waals surface area contributed by atoms with Crippen LogP contribution in [0.4, 0.5) is 0 Å². The molecule has 21 heavy (non-hydrogen) atoms. The SMILES string of the molecule is CCOCC.Cc1cc(C(C)(C)C)c(O)c(C(C)(C)C)c1. The van der Waals surface area contributed by atoms with Gasteiger partial charge in [-0.1, -0.05) is 59.2 Å². The fourth-order valence-electron chi connectivity index (χ4n) is 2.13. The summed E-state index contributed by atoms with van der Waals surface area (Å²) in [6, 6.07) is 4.18. The van der Waals surface area contributed by atoms with Crippen molar-refractivity contribution in [1.82, 2.24) is 0 Å².